The highest BCUT2D eigenvalue weighted by Gasteiger charge is 2.03. The summed E-state index contributed by atoms with van der Waals surface area (Å²) >= 11 is 0. The molecule has 0 N–H and O–H groups in total. The fourth-order valence-corrected chi connectivity index (χ4v) is 1.25. The van der Waals surface area contributed by atoms with Gasteiger partial charge in [-0.2, -0.15) is 10.2 Å². The summed E-state index contributed by atoms with van der Waals surface area (Å²) in [4.78, 5) is 0. The van der Waals surface area contributed by atoms with E-state index in [0.29, 0.717) is 11.8 Å². The van der Waals surface area contributed by atoms with Crippen LogP contribution in [0.4, 0.5) is 0 Å². The molecule has 0 spiro atoms. The molecular formula is C13H26N2. The third kappa shape index (κ3) is 6.43. The van der Waals surface area contributed by atoms with Crippen LogP contribution in [0.3, 0.4) is 0 Å². The second-order valence-electron chi connectivity index (χ2n) is 4.60. The molecule has 2 nitrogen and oxygen atoms in total. The molecule has 0 heterocycles. The number of hydrogen-bond donors (Lipinski definition) is 0. The van der Waals surface area contributed by atoms with Gasteiger partial charge in [-0.25, -0.2) is 0 Å². The summed E-state index contributed by atoms with van der Waals surface area (Å²) in [5.74, 6) is 1.26. The van der Waals surface area contributed by atoms with Gasteiger partial charge in [0.25, 0.3) is 0 Å². The van der Waals surface area contributed by atoms with Crippen molar-refractivity contribution in [3.63, 3.8) is 0 Å². The molecule has 0 saturated carbocycles. The minimum Gasteiger partial charge on any atom is -0.160 e. The molecule has 88 valence electrons. The fraction of sp³-hybridized carbons (Fsp3) is 0.846. The lowest BCUT2D eigenvalue weighted by atomic mass is 10.0. The summed E-state index contributed by atoms with van der Waals surface area (Å²) in [6, 6.07) is 0. The van der Waals surface area contributed by atoms with Crippen molar-refractivity contribution in [2.75, 3.05) is 0 Å². The largest absolute Gasteiger partial charge is 0.160 e. The molecule has 0 aromatic heterocycles. The Bertz CT molecular complexity index is 229. The Morgan fingerprint density at radius 1 is 1.00 bits per heavy atom. The van der Waals surface area contributed by atoms with E-state index < -0.39 is 0 Å². The lowest BCUT2D eigenvalue weighted by Crippen LogP contribution is -2.05. The average Bonchev–Trinajstić information content (AvgIpc) is 2.24. The summed E-state index contributed by atoms with van der Waals surface area (Å²) in [5, 5.41) is 8.57. The highest BCUT2D eigenvalue weighted by atomic mass is 15.2. The van der Waals surface area contributed by atoms with Crippen molar-refractivity contribution < 1.29 is 0 Å². The van der Waals surface area contributed by atoms with E-state index in [2.05, 4.69) is 51.7 Å². The molecule has 0 aliphatic rings. The average molecular weight is 210 g/mol. The molecule has 0 fully saturated rings. The lowest BCUT2D eigenvalue weighted by molar-refractivity contribution is 0.585. The number of nitrogens with zero attached hydrogens (tertiary/aromatic N) is 2. The zero-order chi connectivity index (χ0) is 11.8. The summed E-state index contributed by atoms with van der Waals surface area (Å²) < 4.78 is 0. The molecule has 0 aromatic carbocycles. The molecule has 0 amide bonds. The second kappa shape index (κ2) is 7.61. The number of hydrogen-bond acceptors (Lipinski definition) is 2. The zero-order valence-electron chi connectivity index (χ0n) is 11.2. The van der Waals surface area contributed by atoms with Gasteiger partial charge in [0.15, 0.2) is 0 Å². The monoisotopic (exact) mass is 210 g/mol. The first-order valence-corrected chi connectivity index (χ1v) is 6.08. The SMILES string of the molecule is CCC(C)C/C(C)=N/N=C(/C)C(C)CC. The molecule has 2 atom stereocenters. The second-order valence-corrected chi connectivity index (χ2v) is 4.60. The maximum Gasteiger partial charge on any atom is 0.0402 e. The molecule has 2 unspecified atom stereocenters. The quantitative estimate of drug-likeness (QED) is 0.461. The molecule has 15 heavy (non-hydrogen) atoms. The summed E-state index contributed by atoms with van der Waals surface area (Å²) in [5.41, 5.74) is 2.29. The van der Waals surface area contributed by atoms with Crippen molar-refractivity contribution in [2.24, 2.45) is 22.0 Å². The third-order valence-corrected chi connectivity index (χ3v) is 3.04. The van der Waals surface area contributed by atoms with Crippen molar-refractivity contribution >= 4 is 11.4 Å². The predicted molar refractivity (Wildman–Crippen MR) is 69.7 cm³/mol. The highest BCUT2D eigenvalue weighted by molar-refractivity contribution is 5.86. The Morgan fingerprint density at radius 3 is 2.07 bits per heavy atom. The van der Waals surface area contributed by atoms with Gasteiger partial charge in [0.1, 0.15) is 0 Å². The highest BCUT2D eigenvalue weighted by Crippen LogP contribution is 2.08. The first-order valence-electron chi connectivity index (χ1n) is 6.08. The van der Waals surface area contributed by atoms with Gasteiger partial charge in [-0.3, -0.25) is 0 Å². The van der Waals surface area contributed by atoms with E-state index in [1.807, 2.05) is 0 Å². The molecule has 0 rings (SSSR count). The Kier molecular flexibility index (Phi) is 7.27. The van der Waals surface area contributed by atoms with Gasteiger partial charge in [0.2, 0.25) is 0 Å². The summed E-state index contributed by atoms with van der Waals surface area (Å²) in [6.07, 6.45) is 3.41. The fourth-order valence-electron chi connectivity index (χ4n) is 1.25. The van der Waals surface area contributed by atoms with Crippen LogP contribution in [0.25, 0.3) is 0 Å². The van der Waals surface area contributed by atoms with E-state index in [4.69, 9.17) is 0 Å². The molecule has 2 heteroatoms. The van der Waals surface area contributed by atoms with Crippen molar-refractivity contribution in [3.8, 4) is 0 Å². The van der Waals surface area contributed by atoms with Crippen LogP contribution in [0.2, 0.25) is 0 Å². The summed E-state index contributed by atoms with van der Waals surface area (Å²) in [6.45, 7) is 13.0. The molecular weight excluding hydrogens is 184 g/mol. The van der Waals surface area contributed by atoms with Crippen LogP contribution in [0, 0.1) is 11.8 Å². The van der Waals surface area contributed by atoms with Crippen molar-refractivity contribution in [3.05, 3.63) is 0 Å². The lowest BCUT2D eigenvalue weighted by Gasteiger charge is -2.07. The van der Waals surface area contributed by atoms with Gasteiger partial charge < -0.3 is 0 Å². The normalized spacial score (nSPS) is 17.7. The van der Waals surface area contributed by atoms with Crippen molar-refractivity contribution in [1.82, 2.24) is 0 Å². The maximum absolute atomic E-state index is 4.29. The minimum atomic E-state index is 0.546. The summed E-state index contributed by atoms with van der Waals surface area (Å²) in [7, 11) is 0. The first-order chi connectivity index (χ1) is 7.01. The Morgan fingerprint density at radius 2 is 1.60 bits per heavy atom. The van der Waals surface area contributed by atoms with Gasteiger partial charge in [-0.15, -0.1) is 0 Å². The smallest absolute Gasteiger partial charge is 0.0402 e. The number of rotatable bonds is 6. The van der Waals surface area contributed by atoms with Crippen LogP contribution >= 0.6 is 0 Å². The van der Waals surface area contributed by atoms with E-state index in [1.165, 1.54) is 6.42 Å². The molecule has 0 saturated heterocycles. The van der Waals surface area contributed by atoms with Crippen molar-refractivity contribution in [1.29, 1.82) is 0 Å². The zero-order valence-corrected chi connectivity index (χ0v) is 11.2. The van der Waals surface area contributed by atoms with E-state index in [1.54, 1.807) is 0 Å². The van der Waals surface area contributed by atoms with Crippen LogP contribution < -0.4 is 0 Å². The van der Waals surface area contributed by atoms with Crippen LogP contribution in [0.1, 0.15) is 60.8 Å². The van der Waals surface area contributed by atoms with Crippen LogP contribution in [-0.4, -0.2) is 11.4 Å². The van der Waals surface area contributed by atoms with Gasteiger partial charge in [0.05, 0.1) is 0 Å². The van der Waals surface area contributed by atoms with Crippen LogP contribution in [0.15, 0.2) is 10.2 Å². The van der Waals surface area contributed by atoms with Gasteiger partial charge in [0, 0.05) is 11.4 Å². The van der Waals surface area contributed by atoms with E-state index in [9.17, 15) is 0 Å². The Labute approximate surface area is 94.9 Å². The molecule has 0 radical (unpaired) electrons. The molecule has 0 aliphatic carbocycles. The topological polar surface area (TPSA) is 24.7 Å². The third-order valence-electron chi connectivity index (χ3n) is 3.04. The predicted octanol–water partition coefficient (Wildman–Crippen LogP) is 4.31. The van der Waals surface area contributed by atoms with E-state index in [-0.39, 0.29) is 0 Å². The molecule has 0 bridgehead atoms. The van der Waals surface area contributed by atoms with Gasteiger partial charge >= 0.3 is 0 Å². The van der Waals surface area contributed by atoms with Crippen LogP contribution in [0.5, 0.6) is 0 Å². The molecule has 0 aromatic rings. The maximum atomic E-state index is 4.29. The molecule has 0 aliphatic heterocycles. The van der Waals surface area contributed by atoms with E-state index in [0.717, 1.165) is 24.3 Å². The Balaban J connectivity index is 4.24. The van der Waals surface area contributed by atoms with Crippen molar-refractivity contribution in [2.45, 2.75) is 60.8 Å². The van der Waals surface area contributed by atoms with Gasteiger partial charge in [-0.1, -0.05) is 34.1 Å². The minimum absolute atomic E-state index is 0.546. The van der Waals surface area contributed by atoms with Crippen LogP contribution in [-0.2, 0) is 0 Å². The Hall–Kier alpha value is -0.660. The van der Waals surface area contributed by atoms with Gasteiger partial charge in [-0.05, 0) is 38.5 Å². The standard InChI is InChI=1S/C13H26N2/c1-7-10(3)9-12(5)14-15-13(6)11(4)8-2/h10-11H,7-9H2,1-6H3/b14-12+,15-13-. The first kappa shape index (κ1) is 14.3. The van der Waals surface area contributed by atoms with E-state index >= 15 is 0 Å².